The number of carbonyl (C=O) groups is 1. The Morgan fingerprint density at radius 1 is 1.32 bits per heavy atom. The molecule has 1 aromatic heterocycles. The topological polar surface area (TPSA) is 46.9 Å². The maximum absolute atomic E-state index is 13.2. The minimum atomic E-state index is -4.63. The molecule has 1 atom stereocenters. The van der Waals surface area contributed by atoms with Crippen molar-refractivity contribution in [3.63, 3.8) is 0 Å². The predicted molar refractivity (Wildman–Crippen MR) is 75.7 cm³/mol. The molecule has 22 heavy (non-hydrogen) atoms. The van der Waals surface area contributed by atoms with Gasteiger partial charge in [-0.2, -0.15) is 18.3 Å². The van der Waals surface area contributed by atoms with Gasteiger partial charge in [-0.15, -0.1) is 0 Å². The van der Waals surface area contributed by atoms with E-state index in [0.29, 0.717) is 10.7 Å². The summed E-state index contributed by atoms with van der Waals surface area (Å²) in [5.74, 6) is -0.831. The third-order valence-corrected chi connectivity index (χ3v) is 3.32. The van der Waals surface area contributed by atoms with Gasteiger partial charge < -0.3 is 5.32 Å². The molecule has 0 aliphatic rings. The molecule has 0 bridgehead atoms. The lowest BCUT2D eigenvalue weighted by Crippen LogP contribution is -2.38. The van der Waals surface area contributed by atoms with Crippen LogP contribution in [0.25, 0.3) is 0 Å². The van der Waals surface area contributed by atoms with Crippen LogP contribution in [-0.2, 0) is 7.05 Å². The van der Waals surface area contributed by atoms with Gasteiger partial charge in [0.2, 0.25) is 0 Å². The Bertz CT molecular complexity index is 680. The van der Waals surface area contributed by atoms with E-state index in [1.165, 1.54) is 35.1 Å². The number of halogens is 4. The number of aromatic nitrogens is 2. The van der Waals surface area contributed by atoms with E-state index >= 15 is 0 Å². The number of carbonyl (C=O) groups excluding carboxylic acids is 1. The molecule has 2 aromatic rings. The van der Waals surface area contributed by atoms with Crippen molar-refractivity contribution in [2.24, 2.45) is 7.05 Å². The van der Waals surface area contributed by atoms with E-state index in [1.54, 1.807) is 14.0 Å². The van der Waals surface area contributed by atoms with Crippen LogP contribution in [0.5, 0.6) is 0 Å². The monoisotopic (exact) mass is 331 g/mol. The Balaban J connectivity index is 2.30. The first-order chi connectivity index (χ1) is 10.2. The van der Waals surface area contributed by atoms with Gasteiger partial charge in [-0.1, -0.05) is 23.7 Å². The van der Waals surface area contributed by atoms with Gasteiger partial charge in [-0.25, -0.2) is 0 Å². The first-order valence-corrected chi connectivity index (χ1v) is 6.69. The van der Waals surface area contributed by atoms with Gasteiger partial charge in [0, 0.05) is 18.3 Å². The van der Waals surface area contributed by atoms with Crippen molar-refractivity contribution in [3.8, 4) is 0 Å². The van der Waals surface area contributed by atoms with Gasteiger partial charge in [0.15, 0.2) is 6.04 Å². The second-order valence-electron chi connectivity index (χ2n) is 4.80. The first-order valence-electron chi connectivity index (χ1n) is 6.32. The van der Waals surface area contributed by atoms with Crippen LogP contribution < -0.4 is 5.32 Å². The lowest BCUT2D eigenvalue weighted by Gasteiger charge is -2.22. The molecule has 0 unspecified atom stereocenters. The SMILES string of the molecule is Cc1nn(C)cc1C(=O)N[C@@H](c1ccc(Cl)cc1)C(F)(F)F. The molecule has 8 heteroatoms. The predicted octanol–water partition coefficient (Wildman–Crippen LogP) is 3.42. The summed E-state index contributed by atoms with van der Waals surface area (Å²) in [4.78, 5) is 12.1. The Hall–Kier alpha value is -2.02. The van der Waals surface area contributed by atoms with Crippen molar-refractivity contribution in [3.05, 3.63) is 52.3 Å². The molecule has 4 nitrogen and oxygen atoms in total. The largest absolute Gasteiger partial charge is 0.412 e. The number of rotatable bonds is 3. The number of hydrogen-bond acceptors (Lipinski definition) is 2. The van der Waals surface area contributed by atoms with Gasteiger partial charge in [-0.05, 0) is 24.6 Å². The van der Waals surface area contributed by atoms with Crippen molar-refractivity contribution >= 4 is 17.5 Å². The zero-order valence-electron chi connectivity index (χ0n) is 11.8. The van der Waals surface area contributed by atoms with Crippen LogP contribution in [0.1, 0.15) is 27.7 Å². The molecule has 0 radical (unpaired) electrons. The Kier molecular flexibility index (Phi) is 4.46. The molecule has 0 aliphatic heterocycles. The number of nitrogens with zero attached hydrogens (tertiary/aromatic N) is 2. The fourth-order valence-electron chi connectivity index (χ4n) is 2.04. The van der Waals surface area contributed by atoms with E-state index in [0.717, 1.165) is 0 Å². The summed E-state index contributed by atoms with van der Waals surface area (Å²) in [5, 5.41) is 6.26. The fraction of sp³-hybridized carbons (Fsp3) is 0.286. The summed E-state index contributed by atoms with van der Waals surface area (Å²) in [5.41, 5.74) is 0.370. The van der Waals surface area contributed by atoms with Gasteiger partial charge in [0.25, 0.3) is 5.91 Å². The summed E-state index contributed by atoms with van der Waals surface area (Å²) in [6.07, 6.45) is -3.25. The molecule has 0 saturated carbocycles. The maximum atomic E-state index is 13.2. The van der Waals surface area contributed by atoms with Crippen LogP contribution >= 0.6 is 11.6 Å². The molecule has 0 spiro atoms. The van der Waals surface area contributed by atoms with E-state index in [4.69, 9.17) is 11.6 Å². The van der Waals surface area contributed by atoms with Crippen molar-refractivity contribution in [2.75, 3.05) is 0 Å². The van der Waals surface area contributed by atoms with Gasteiger partial charge in [0.1, 0.15) is 0 Å². The summed E-state index contributed by atoms with van der Waals surface area (Å²) in [6, 6.07) is 3.04. The molecular formula is C14H13ClF3N3O. The van der Waals surface area contributed by atoms with E-state index < -0.39 is 18.1 Å². The number of aryl methyl sites for hydroxylation is 2. The van der Waals surface area contributed by atoms with Crippen LogP contribution in [-0.4, -0.2) is 21.9 Å². The van der Waals surface area contributed by atoms with Gasteiger partial charge in [0.05, 0.1) is 11.3 Å². The molecule has 2 rings (SSSR count). The number of hydrogen-bond donors (Lipinski definition) is 1. The average Bonchev–Trinajstić information content (AvgIpc) is 2.75. The Morgan fingerprint density at radius 3 is 2.36 bits per heavy atom. The van der Waals surface area contributed by atoms with Crippen molar-refractivity contribution in [1.82, 2.24) is 15.1 Å². The Labute approximate surface area is 129 Å². The normalized spacial score (nSPS) is 13.0. The third-order valence-electron chi connectivity index (χ3n) is 3.06. The van der Waals surface area contributed by atoms with Gasteiger partial charge >= 0.3 is 6.18 Å². The van der Waals surface area contributed by atoms with E-state index in [9.17, 15) is 18.0 Å². The minimum Gasteiger partial charge on any atom is -0.337 e. The lowest BCUT2D eigenvalue weighted by atomic mass is 10.1. The third kappa shape index (κ3) is 3.59. The van der Waals surface area contributed by atoms with Crippen LogP contribution in [0.2, 0.25) is 5.02 Å². The molecular weight excluding hydrogens is 319 g/mol. The smallest absolute Gasteiger partial charge is 0.337 e. The number of benzene rings is 1. The highest BCUT2D eigenvalue weighted by atomic mass is 35.5. The van der Waals surface area contributed by atoms with Crippen molar-refractivity contribution in [2.45, 2.75) is 19.1 Å². The number of alkyl halides is 3. The molecule has 1 aromatic carbocycles. The maximum Gasteiger partial charge on any atom is 0.412 e. The zero-order chi connectivity index (χ0) is 16.5. The fourth-order valence-corrected chi connectivity index (χ4v) is 2.17. The molecule has 118 valence electrons. The number of amides is 1. The highest BCUT2D eigenvalue weighted by Crippen LogP contribution is 2.33. The average molecular weight is 332 g/mol. The molecule has 0 fully saturated rings. The Morgan fingerprint density at radius 2 is 1.91 bits per heavy atom. The van der Waals surface area contributed by atoms with Crippen molar-refractivity contribution < 1.29 is 18.0 Å². The summed E-state index contributed by atoms with van der Waals surface area (Å²) in [6.45, 7) is 1.56. The molecule has 1 N–H and O–H groups in total. The lowest BCUT2D eigenvalue weighted by molar-refractivity contribution is -0.155. The number of nitrogens with one attached hydrogen (secondary N) is 1. The molecule has 1 amide bonds. The molecule has 0 aliphatic carbocycles. The molecule has 0 saturated heterocycles. The molecule has 1 heterocycles. The van der Waals surface area contributed by atoms with E-state index in [-0.39, 0.29) is 11.1 Å². The quantitative estimate of drug-likeness (QED) is 0.936. The second-order valence-corrected chi connectivity index (χ2v) is 5.24. The summed E-state index contributed by atoms with van der Waals surface area (Å²) < 4.78 is 41.0. The van der Waals surface area contributed by atoms with Crippen molar-refractivity contribution in [1.29, 1.82) is 0 Å². The van der Waals surface area contributed by atoms with Gasteiger partial charge in [-0.3, -0.25) is 9.48 Å². The highest BCUT2D eigenvalue weighted by molar-refractivity contribution is 6.30. The van der Waals surface area contributed by atoms with Crippen LogP contribution in [0.3, 0.4) is 0 Å². The minimum absolute atomic E-state index is 0.0909. The standard InChI is InChI=1S/C14H13ClF3N3O/c1-8-11(7-21(2)20-8)13(22)19-12(14(16,17)18)9-3-5-10(15)6-4-9/h3-7,12H,1-2H3,(H,19,22)/t12-/m0/s1. The summed E-state index contributed by atoms with van der Waals surface area (Å²) >= 11 is 5.68. The van der Waals surface area contributed by atoms with Crippen LogP contribution in [0.15, 0.2) is 30.5 Å². The van der Waals surface area contributed by atoms with Crippen LogP contribution in [0, 0.1) is 6.92 Å². The second kappa shape index (κ2) is 6.00. The van der Waals surface area contributed by atoms with E-state index in [2.05, 4.69) is 5.10 Å². The van der Waals surface area contributed by atoms with Crippen LogP contribution in [0.4, 0.5) is 13.2 Å². The van der Waals surface area contributed by atoms with E-state index in [1.807, 2.05) is 5.32 Å². The zero-order valence-corrected chi connectivity index (χ0v) is 12.5. The highest BCUT2D eigenvalue weighted by Gasteiger charge is 2.42. The summed E-state index contributed by atoms with van der Waals surface area (Å²) in [7, 11) is 1.59. The first kappa shape index (κ1) is 16.4.